The van der Waals surface area contributed by atoms with Gasteiger partial charge in [-0.25, -0.2) is 0 Å². The topological polar surface area (TPSA) is 32.3 Å². The number of rotatable bonds is 5. The maximum Gasteiger partial charge on any atom is 0.219 e. The third-order valence-electron chi connectivity index (χ3n) is 3.36. The fourth-order valence-corrected chi connectivity index (χ4v) is 2.26. The Labute approximate surface area is 134 Å². The average Bonchev–Trinajstić information content (AvgIpc) is 2.48. The number of carbonyl (C=O) groups is 1. The van der Waals surface area contributed by atoms with Gasteiger partial charge in [0.05, 0.1) is 0 Å². The van der Waals surface area contributed by atoms with Gasteiger partial charge < -0.3 is 10.2 Å². The van der Waals surface area contributed by atoms with E-state index < -0.39 is 0 Å². The van der Waals surface area contributed by atoms with Crippen molar-refractivity contribution in [3.63, 3.8) is 0 Å². The van der Waals surface area contributed by atoms with E-state index in [9.17, 15) is 4.79 Å². The van der Waals surface area contributed by atoms with Crippen LogP contribution in [0.5, 0.6) is 0 Å². The second-order valence-corrected chi connectivity index (χ2v) is 5.93. The number of nitrogens with zero attached hydrogens (tertiary/aromatic N) is 1. The van der Waals surface area contributed by atoms with Crippen LogP contribution in [-0.2, 0) is 17.9 Å². The Morgan fingerprint density at radius 1 is 1.14 bits per heavy atom. The summed E-state index contributed by atoms with van der Waals surface area (Å²) in [5.41, 5.74) is 3.40. The Hall–Kier alpha value is -1.81. The molecule has 2 rings (SSSR count). The molecule has 0 fully saturated rings. The molecule has 3 nitrogen and oxygen atoms in total. The number of amides is 1. The Morgan fingerprint density at radius 2 is 1.81 bits per heavy atom. The van der Waals surface area contributed by atoms with Crippen LogP contribution >= 0.6 is 15.9 Å². The van der Waals surface area contributed by atoms with Gasteiger partial charge in [-0.3, -0.25) is 4.79 Å². The molecule has 0 aliphatic rings. The highest BCUT2D eigenvalue weighted by molar-refractivity contribution is 9.10. The highest BCUT2D eigenvalue weighted by atomic mass is 79.9. The Bertz CT molecular complexity index is 610. The van der Waals surface area contributed by atoms with Crippen molar-refractivity contribution in [2.75, 3.05) is 12.4 Å². The van der Waals surface area contributed by atoms with Crippen LogP contribution in [0.2, 0.25) is 0 Å². The summed E-state index contributed by atoms with van der Waals surface area (Å²) in [6.07, 6.45) is 0. The van der Waals surface area contributed by atoms with Crippen LogP contribution in [0, 0.1) is 0 Å². The number of halogens is 1. The molecular formula is C17H19BrN2O. The van der Waals surface area contributed by atoms with Gasteiger partial charge >= 0.3 is 0 Å². The summed E-state index contributed by atoms with van der Waals surface area (Å²) in [6, 6.07) is 16.3. The van der Waals surface area contributed by atoms with E-state index in [1.807, 2.05) is 43.4 Å². The number of nitrogens with one attached hydrogen (secondary N) is 1. The molecule has 0 atom stereocenters. The number of benzene rings is 2. The summed E-state index contributed by atoms with van der Waals surface area (Å²) < 4.78 is 1.08. The Morgan fingerprint density at radius 3 is 2.48 bits per heavy atom. The molecule has 0 spiro atoms. The summed E-state index contributed by atoms with van der Waals surface area (Å²) in [5.74, 6) is 0.0673. The molecule has 21 heavy (non-hydrogen) atoms. The van der Waals surface area contributed by atoms with Crippen LogP contribution in [0.25, 0.3) is 0 Å². The van der Waals surface area contributed by atoms with Crippen molar-refractivity contribution in [2.24, 2.45) is 0 Å². The number of hydrogen-bond donors (Lipinski definition) is 1. The van der Waals surface area contributed by atoms with Gasteiger partial charge in [-0.15, -0.1) is 0 Å². The van der Waals surface area contributed by atoms with Crippen molar-refractivity contribution < 1.29 is 4.79 Å². The molecule has 0 aliphatic heterocycles. The lowest BCUT2D eigenvalue weighted by molar-refractivity contribution is -0.128. The fourth-order valence-electron chi connectivity index (χ4n) is 2.00. The minimum Gasteiger partial charge on any atom is -0.381 e. The summed E-state index contributed by atoms with van der Waals surface area (Å²) >= 11 is 3.44. The lowest BCUT2D eigenvalue weighted by Crippen LogP contribution is -2.23. The standard InChI is InChI=1S/C17H19BrN2O/c1-13(21)20(2)12-15-5-3-4-6-17(15)19-11-14-7-9-16(18)10-8-14/h3-10,19H,11-12H2,1-2H3. The zero-order valence-corrected chi connectivity index (χ0v) is 13.9. The third-order valence-corrected chi connectivity index (χ3v) is 3.89. The highest BCUT2D eigenvalue weighted by Gasteiger charge is 2.07. The fraction of sp³-hybridized carbons (Fsp3) is 0.235. The smallest absolute Gasteiger partial charge is 0.219 e. The number of hydrogen-bond acceptors (Lipinski definition) is 2. The van der Waals surface area contributed by atoms with Crippen molar-refractivity contribution >= 4 is 27.5 Å². The van der Waals surface area contributed by atoms with Gasteiger partial charge in [0.1, 0.15) is 0 Å². The van der Waals surface area contributed by atoms with Crippen LogP contribution < -0.4 is 5.32 Å². The summed E-state index contributed by atoms with van der Waals surface area (Å²) in [6.45, 7) is 2.95. The zero-order valence-electron chi connectivity index (χ0n) is 12.3. The van der Waals surface area contributed by atoms with Crippen molar-refractivity contribution in [1.29, 1.82) is 0 Å². The van der Waals surface area contributed by atoms with Gasteiger partial charge in [0.25, 0.3) is 0 Å². The van der Waals surface area contributed by atoms with Crippen LogP contribution in [-0.4, -0.2) is 17.9 Å². The van der Waals surface area contributed by atoms with E-state index in [1.54, 1.807) is 11.8 Å². The summed E-state index contributed by atoms with van der Waals surface area (Å²) in [4.78, 5) is 13.1. The Kier molecular flexibility index (Phi) is 5.39. The van der Waals surface area contributed by atoms with Crippen LogP contribution in [0.4, 0.5) is 5.69 Å². The second kappa shape index (κ2) is 7.27. The summed E-state index contributed by atoms with van der Waals surface area (Å²) in [7, 11) is 1.81. The minimum absolute atomic E-state index is 0.0673. The lowest BCUT2D eigenvalue weighted by atomic mass is 10.1. The molecule has 0 aromatic heterocycles. The number of anilines is 1. The molecule has 1 N–H and O–H groups in total. The van der Waals surface area contributed by atoms with E-state index in [0.29, 0.717) is 6.54 Å². The maximum atomic E-state index is 11.4. The third kappa shape index (κ3) is 4.60. The van der Waals surface area contributed by atoms with E-state index in [1.165, 1.54) is 5.56 Å². The molecule has 0 saturated carbocycles. The van der Waals surface area contributed by atoms with Gasteiger partial charge in [0, 0.05) is 37.2 Å². The number of carbonyl (C=O) groups excluding carboxylic acids is 1. The van der Waals surface area contributed by atoms with Crippen LogP contribution in [0.15, 0.2) is 53.0 Å². The molecule has 2 aromatic carbocycles. The van der Waals surface area contributed by atoms with Crippen molar-refractivity contribution in [2.45, 2.75) is 20.0 Å². The van der Waals surface area contributed by atoms with E-state index >= 15 is 0 Å². The lowest BCUT2D eigenvalue weighted by Gasteiger charge is -2.18. The minimum atomic E-state index is 0.0673. The molecule has 0 aliphatic carbocycles. The molecule has 0 saturated heterocycles. The maximum absolute atomic E-state index is 11.4. The monoisotopic (exact) mass is 346 g/mol. The molecule has 0 unspecified atom stereocenters. The van der Waals surface area contributed by atoms with Crippen molar-refractivity contribution in [1.82, 2.24) is 4.90 Å². The van der Waals surface area contributed by atoms with Crippen LogP contribution in [0.1, 0.15) is 18.1 Å². The molecule has 2 aromatic rings. The predicted octanol–water partition coefficient (Wildman–Crippen LogP) is 4.04. The Balaban J connectivity index is 2.06. The predicted molar refractivity (Wildman–Crippen MR) is 90.1 cm³/mol. The normalized spacial score (nSPS) is 10.2. The number of para-hydroxylation sites is 1. The first-order valence-corrected chi connectivity index (χ1v) is 7.63. The highest BCUT2D eigenvalue weighted by Crippen LogP contribution is 2.18. The van der Waals surface area contributed by atoms with Gasteiger partial charge in [-0.2, -0.15) is 0 Å². The molecule has 110 valence electrons. The quantitative estimate of drug-likeness (QED) is 0.885. The van der Waals surface area contributed by atoms with Gasteiger partial charge in [0.2, 0.25) is 5.91 Å². The van der Waals surface area contributed by atoms with E-state index in [4.69, 9.17) is 0 Å². The molecule has 1 amide bonds. The first-order chi connectivity index (χ1) is 10.1. The van der Waals surface area contributed by atoms with Gasteiger partial charge in [-0.05, 0) is 29.3 Å². The molecule has 0 bridgehead atoms. The second-order valence-electron chi connectivity index (χ2n) is 5.01. The summed E-state index contributed by atoms with van der Waals surface area (Å²) in [5, 5.41) is 3.44. The van der Waals surface area contributed by atoms with E-state index in [-0.39, 0.29) is 5.91 Å². The molecule has 0 heterocycles. The van der Waals surface area contributed by atoms with Gasteiger partial charge in [-0.1, -0.05) is 46.3 Å². The molecule has 4 heteroatoms. The SMILES string of the molecule is CC(=O)N(C)Cc1ccccc1NCc1ccc(Br)cc1. The van der Waals surface area contributed by atoms with E-state index in [2.05, 4.69) is 33.4 Å². The zero-order chi connectivity index (χ0) is 15.2. The molecule has 0 radical (unpaired) electrons. The van der Waals surface area contributed by atoms with Crippen molar-refractivity contribution in [3.05, 3.63) is 64.1 Å². The first-order valence-electron chi connectivity index (χ1n) is 6.84. The van der Waals surface area contributed by atoms with Crippen LogP contribution in [0.3, 0.4) is 0 Å². The largest absolute Gasteiger partial charge is 0.381 e. The first kappa shape index (κ1) is 15.6. The van der Waals surface area contributed by atoms with Gasteiger partial charge in [0.15, 0.2) is 0 Å². The van der Waals surface area contributed by atoms with Crippen molar-refractivity contribution in [3.8, 4) is 0 Å². The average molecular weight is 347 g/mol. The molecular weight excluding hydrogens is 328 g/mol. The van der Waals surface area contributed by atoms with E-state index in [0.717, 1.165) is 22.3 Å².